The number of carbonyl (C=O) groups is 4. The molecule has 0 radical (unpaired) electrons. The van der Waals surface area contributed by atoms with Crippen LogP contribution in [0.4, 0.5) is 0 Å². The Hall–Kier alpha value is -3.44. The third-order valence-corrected chi connectivity index (χ3v) is 8.91. The number of hydrogen-bond acceptors (Lipinski definition) is 8. The molecule has 5 atom stereocenters. The lowest BCUT2D eigenvalue weighted by atomic mass is 9.77. The number of nitrogens with one attached hydrogen (secondary N) is 2. The number of aliphatic hydroxyl groups excluding tert-OH is 1. The topological polar surface area (TPSA) is 164 Å². The number of hydrogen-bond donors (Lipinski definition) is 4. The summed E-state index contributed by atoms with van der Waals surface area (Å²) in [5, 5.41) is 15.7. The fourth-order valence-corrected chi connectivity index (χ4v) is 6.31. The molecule has 0 spiro atoms. The van der Waals surface area contributed by atoms with Crippen molar-refractivity contribution in [3.8, 4) is 0 Å². The number of nitrogens with zero attached hydrogens (tertiary/aromatic N) is 1. The van der Waals surface area contributed by atoms with Crippen molar-refractivity contribution in [2.75, 3.05) is 6.61 Å². The summed E-state index contributed by atoms with van der Waals surface area (Å²) in [6.45, 7) is 12.4. The van der Waals surface area contributed by atoms with E-state index in [0.29, 0.717) is 32.1 Å². The van der Waals surface area contributed by atoms with Gasteiger partial charge in [-0.25, -0.2) is 4.79 Å². The Bertz CT molecular complexity index is 1340. The van der Waals surface area contributed by atoms with E-state index in [4.69, 9.17) is 15.2 Å². The summed E-state index contributed by atoms with van der Waals surface area (Å²) in [5.74, 6) is -2.56. The van der Waals surface area contributed by atoms with E-state index in [2.05, 4.69) is 10.3 Å². The second kappa shape index (κ2) is 15.9. The number of rotatable bonds is 14. The second-order valence-electron chi connectivity index (χ2n) is 13.7. The van der Waals surface area contributed by atoms with E-state index in [9.17, 15) is 19.5 Å². The minimum Gasteiger partial charge on any atom is -0.466 e. The minimum atomic E-state index is -1.46. The third-order valence-electron chi connectivity index (χ3n) is 8.91. The molecule has 2 aromatic rings. The van der Waals surface area contributed by atoms with Crippen molar-refractivity contribution >= 4 is 34.7 Å². The van der Waals surface area contributed by atoms with Crippen molar-refractivity contribution in [2.24, 2.45) is 11.7 Å². The lowest BCUT2D eigenvalue weighted by Crippen LogP contribution is -2.69. The first kappa shape index (κ1) is 37.0. The second-order valence-corrected chi connectivity index (χ2v) is 13.7. The van der Waals surface area contributed by atoms with Gasteiger partial charge in [0.05, 0.1) is 31.2 Å². The average molecular weight is 643 g/mol. The molecule has 1 fully saturated rings. The van der Waals surface area contributed by atoms with Crippen molar-refractivity contribution in [1.82, 2.24) is 15.2 Å². The quantitative estimate of drug-likeness (QED) is 0.223. The Morgan fingerprint density at radius 3 is 2.33 bits per heavy atom. The molecule has 46 heavy (non-hydrogen) atoms. The molecule has 1 heterocycles. The maximum atomic E-state index is 15.2. The highest BCUT2D eigenvalue weighted by atomic mass is 16.6. The zero-order valence-electron chi connectivity index (χ0n) is 28.6. The Morgan fingerprint density at radius 2 is 1.74 bits per heavy atom. The molecule has 0 bridgehead atoms. The number of aromatic amines is 1. The van der Waals surface area contributed by atoms with Gasteiger partial charge in [0, 0.05) is 17.1 Å². The standard InChI is InChI=1S/C35H54N4O7/c1-8-22(3)30(38-31(42)23(4)36)32(43)39(35(17-13-10-14-18-35)33(44)46-34(5,6)7)27(28(40)20-29(41)45-9-2)19-24-21-37-26-16-12-11-15-25(24)26/h11-12,15-16,21-23,27-28,30,37,40H,8-10,13-14,17-20,36H2,1-7H3,(H,38,42)/t22-,23-,27-,28?,30-/m0/s1. The van der Waals surface area contributed by atoms with Gasteiger partial charge in [-0.1, -0.05) is 57.7 Å². The molecule has 1 saturated carbocycles. The number of H-pyrrole nitrogens is 1. The van der Waals surface area contributed by atoms with E-state index in [1.807, 2.05) is 44.3 Å². The van der Waals surface area contributed by atoms with Gasteiger partial charge in [0.25, 0.3) is 0 Å². The highest BCUT2D eigenvalue weighted by Gasteiger charge is 2.54. The Balaban J connectivity index is 2.30. The SMILES string of the molecule is CCOC(=O)CC(O)[C@H](Cc1c[nH]c2ccccc12)N(C(=O)[C@@H](NC(=O)[C@H](C)N)[C@@H](C)CC)C1(C(=O)OC(C)(C)C)CCCCC1. The number of aliphatic hydroxyl groups is 1. The van der Waals surface area contributed by atoms with Gasteiger partial charge >= 0.3 is 11.9 Å². The number of para-hydroxylation sites is 1. The van der Waals surface area contributed by atoms with Gasteiger partial charge in [-0.05, 0) is 71.4 Å². The number of aromatic nitrogens is 1. The first-order chi connectivity index (χ1) is 21.6. The van der Waals surface area contributed by atoms with Crippen LogP contribution in [-0.2, 0) is 35.1 Å². The normalized spacial score (nSPS) is 18.1. The molecule has 5 N–H and O–H groups in total. The number of carbonyl (C=O) groups excluding carboxylic acids is 4. The van der Waals surface area contributed by atoms with Crippen LogP contribution in [0.15, 0.2) is 30.5 Å². The van der Waals surface area contributed by atoms with E-state index in [1.165, 1.54) is 11.8 Å². The molecule has 256 valence electrons. The molecule has 11 heteroatoms. The van der Waals surface area contributed by atoms with Crippen molar-refractivity contribution in [3.05, 3.63) is 36.0 Å². The number of amides is 2. The van der Waals surface area contributed by atoms with Gasteiger partial charge in [0.2, 0.25) is 11.8 Å². The van der Waals surface area contributed by atoms with Crippen LogP contribution in [0.5, 0.6) is 0 Å². The van der Waals surface area contributed by atoms with Crippen LogP contribution in [0, 0.1) is 5.92 Å². The van der Waals surface area contributed by atoms with E-state index in [-0.39, 0.29) is 18.9 Å². The fraction of sp³-hybridized carbons (Fsp3) is 0.657. The molecule has 11 nitrogen and oxygen atoms in total. The molecular formula is C35H54N4O7. The van der Waals surface area contributed by atoms with Crippen LogP contribution in [0.1, 0.15) is 99.0 Å². The van der Waals surface area contributed by atoms with Gasteiger partial charge in [-0.15, -0.1) is 0 Å². The molecule has 1 aromatic heterocycles. The first-order valence-electron chi connectivity index (χ1n) is 16.7. The zero-order chi connectivity index (χ0) is 34.2. The molecule has 1 unspecified atom stereocenters. The van der Waals surface area contributed by atoms with Crippen LogP contribution >= 0.6 is 0 Å². The third kappa shape index (κ3) is 8.88. The smallest absolute Gasteiger partial charge is 0.332 e. The largest absolute Gasteiger partial charge is 0.466 e. The van der Waals surface area contributed by atoms with Crippen molar-refractivity contribution in [3.63, 3.8) is 0 Å². The van der Waals surface area contributed by atoms with E-state index in [0.717, 1.165) is 22.9 Å². The maximum absolute atomic E-state index is 15.2. The number of fused-ring (bicyclic) bond motifs is 1. The van der Waals surface area contributed by atoms with Crippen LogP contribution < -0.4 is 11.1 Å². The van der Waals surface area contributed by atoms with E-state index in [1.54, 1.807) is 27.7 Å². The summed E-state index contributed by atoms with van der Waals surface area (Å²) >= 11 is 0. The predicted octanol–water partition coefficient (Wildman–Crippen LogP) is 4.14. The van der Waals surface area contributed by atoms with Gasteiger partial charge in [-0.2, -0.15) is 0 Å². The maximum Gasteiger partial charge on any atom is 0.332 e. The molecule has 3 rings (SSSR count). The first-order valence-corrected chi connectivity index (χ1v) is 16.7. The molecular weight excluding hydrogens is 588 g/mol. The highest BCUT2D eigenvalue weighted by Crippen LogP contribution is 2.40. The molecule has 1 aromatic carbocycles. The Labute approximate surface area is 272 Å². The van der Waals surface area contributed by atoms with Crippen LogP contribution in [0.3, 0.4) is 0 Å². The molecule has 0 aliphatic heterocycles. The lowest BCUT2D eigenvalue weighted by molar-refractivity contribution is -0.184. The highest BCUT2D eigenvalue weighted by molar-refractivity contribution is 5.94. The number of esters is 2. The summed E-state index contributed by atoms with van der Waals surface area (Å²) in [5.41, 5.74) is 5.28. The van der Waals surface area contributed by atoms with E-state index >= 15 is 4.79 Å². The van der Waals surface area contributed by atoms with Gasteiger partial charge < -0.3 is 35.5 Å². The lowest BCUT2D eigenvalue weighted by Gasteiger charge is -2.51. The molecule has 1 aliphatic carbocycles. The van der Waals surface area contributed by atoms with E-state index < -0.39 is 65.5 Å². The summed E-state index contributed by atoms with van der Waals surface area (Å²) in [4.78, 5) is 60.1. The molecule has 0 saturated heterocycles. The van der Waals surface area contributed by atoms with Crippen LogP contribution in [0.2, 0.25) is 0 Å². The van der Waals surface area contributed by atoms with Crippen LogP contribution in [0.25, 0.3) is 10.9 Å². The van der Waals surface area contributed by atoms with Crippen molar-refractivity contribution in [2.45, 2.75) is 135 Å². The summed E-state index contributed by atoms with van der Waals surface area (Å²) in [6, 6.07) is 4.69. The van der Waals surface area contributed by atoms with Crippen LogP contribution in [-0.4, -0.2) is 80.7 Å². The average Bonchev–Trinajstić information content (AvgIpc) is 3.41. The van der Waals surface area contributed by atoms with Gasteiger partial charge in [-0.3, -0.25) is 14.4 Å². The molecule has 1 aliphatic rings. The van der Waals surface area contributed by atoms with Gasteiger partial charge in [0.15, 0.2) is 0 Å². The Morgan fingerprint density at radius 1 is 1.09 bits per heavy atom. The minimum absolute atomic E-state index is 0.120. The number of nitrogens with two attached hydrogens (primary N) is 1. The van der Waals surface area contributed by atoms with Crippen molar-refractivity contribution < 1.29 is 33.8 Å². The Kier molecular flexibility index (Phi) is 12.8. The number of benzene rings is 1. The number of ether oxygens (including phenoxy) is 2. The summed E-state index contributed by atoms with van der Waals surface area (Å²) in [6.07, 6.45) is 3.46. The zero-order valence-corrected chi connectivity index (χ0v) is 28.6. The fourth-order valence-electron chi connectivity index (χ4n) is 6.31. The summed E-state index contributed by atoms with van der Waals surface area (Å²) < 4.78 is 11.2. The monoisotopic (exact) mass is 642 g/mol. The van der Waals surface area contributed by atoms with Crippen molar-refractivity contribution in [1.29, 1.82) is 0 Å². The summed E-state index contributed by atoms with van der Waals surface area (Å²) in [7, 11) is 0. The predicted molar refractivity (Wildman–Crippen MR) is 177 cm³/mol. The molecule has 2 amide bonds. The van der Waals surface area contributed by atoms with Gasteiger partial charge in [0.1, 0.15) is 17.2 Å².